The van der Waals surface area contributed by atoms with Crippen molar-refractivity contribution in [1.29, 1.82) is 0 Å². The minimum atomic E-state index is 0.876. The topological polar surface area (TPSA) is 37.4 Å². The molecule has 1 N–H and O–H groups in total. The first-order valence-corrected chi connectivity index (χ1v) is 7.21. The van der Waals surface area contributed by atoms with Crippen molar-refractivity contribution in [2.45, 2.75) is 13.3 Å². The molecular weight excluding hydrogens is 294 g/mol. The van der Waals surface area contributed by atoms with Gasteiger partial charge in [-0.2, -0.15) is 0 Å². The summed E-state index contributed by atoms with van der Waals surface area (Å²) in [5.41, 5.74) is 1.18. The molecule has 1 fully saturated rings. The number of morpholine rings is 1. The van der Waals surface area contributed by atoms with E-state index in [9.17, 15) is 0 Å². The number of hydrogen-bond donors (Lipinski definition) is 1. The average Bonchev–Trinajstić information content (AvgIpc) is 2.38. The number of nitrogens with zero attached hydrogens (tertiary/aromatic N) is 2. The van der Waals surface area contributed by atoms with E-state index in [2.05, 4.69) is 44.1 Å². The fraction of sp³-hybridized carbons (Fsp3) is 0.615. The number of hydrogen-bond acceptors (Lipinski definition) is 4. The molecule has 2 rings (SSSR count). The van der Waals surface area contributed by atoms with Gasteiger partial charge >= 0.3 is 0 Å². The number of ether oxygens (including phenoxy) is 1. The number of aromatic nitrogens is 1. The van der Waals surface area contributed by atoms with Crippen molar-refractivity contribution < 1.29 is 4.74 Å². The Hall–Kier alpha value is -0.650. The molecule has 0 bridgehead atoms. The van der Waals surface area contributed by atoms with Crippen LogP contribution >= 0.6 is 15.9 Å². The van der Waals surface area contributed by atoms with Crippen LogP contribution in [-0.4, -0.2) is 49.3 Å². The van der Waals surface area contributed by atoms with Gasteiger partial charge in [0.1, 0.15) is 5.82 Å². The molecule has 5 heteroatoms. The molecule has 1 saturated heterocycles. The normalized spacial score (nSPS) is 16.8. The first kappa shape index (κ1) is 13.8. The standard InChI is InChI=1S/C13H20BrN3O/c1-11-9-12(14)10-16-13(11)15-3-2-4-17-5-7-18-8-6-17/h9-10H,2-8H2,1H3,(H,15,16). The fourth-order valence-electron chi connectivity index (χ4n) is 2.06. The summed E-state index contributed by atoms with van der Waals surface area (Å²) in [5, 5.41) is 3.39. The van der Waals surface area contributed by atoms with E-state index in [0.29, 0.717) is 0 Å². The highest BCUT2D eigenvalue weighted by molar-refractivity contribution is 9.10. The van der Waals surface area contributed by atoms with Crippen LogP contribution in [0.4, 0.5) is 5.82 Å². The number of rotatable bonds is 5. The highest BCUT2D eigenvalue weighted by atomic mass is 79.9. The quantitative estimate of drug-likeness (QED) is 0.846. The van der Waals surface area contributed by atoms with E-state index in [4.69, 9.17) is 4.74 Å². The van der Waals surface area contributed by atoms with Gasteiger partial charge in [0, 0.05) is 30.3 Å². The Morgan fingerprint density at radius 2 is 2.22 bits per heavy atom. The minimum absolute atomic E-state index is 0.876. The molecule has 0 spiro atoms. The predicted octanol–water partition coefficient (Wildman–Crippen LogP) is 2.29. The van der Waals surface area contributed by atoms with Gasteiger partial charge in [-0.25, -0.2) is 4.98 Å². The first-order chi connectivity index (χ1) is 8.75. The Morgan fingerprint density at radius 1 is 1.44 bits per heavy atom. The molecule has 1 aliphatic rings. The van der Waals surface area contributed by atoms with Crippen molar-refractivity contribution in [3.63, 3.8) is 0 Å². The van der Waals surface area contributed by atoms with E-state index in [-0.39, 0.29) is 0 Å². The van der Waals surface area contributed by atoms with Crippen molar-refractivity contribution in [2.24, 2.45) is 0 Å². The Labute approximate surface area is 117 Å². The van der Waals surface area contributed by atoms with Crippen LogP contribution in [0.3, 0.4) is 0 Å². The Balaban J connectivity index is 1.68. The molecule has 0 saturated carbocycles. The second-order valence-corrected chi connectivity index (χ2v) is 5.47. The van der Waals surface area contributed by atoms with Gasteiger partial charge in [0.05, 0.1) is 13.2 Å². The lowest BCUT2D eigenvalue weighted by Crippen LogP contribution is -2.37. The summed E-state index contributed by atoms with van der Waals surface area (Å²) < 4.78 is 6.36. The second-order valence-electron chi connectivity index (χ2n) is 4.55. The van der Waals surface area contributed by atoms with E-state index in [0.717, 1.165) is 56.1 Å². The molecule has 0 atom stereocenters. The molecule has 100 valence electrons. The van der Waals surface area contributed by atoms with Gasteiger partial charge in [-0.05, 0) is 47.4 Å². The molecule has 0 amide bonds. The van der Waals surface area contributed by atoms with E-state index < -0.39 is 0 Å². The van der Waals surface area contributed by atoms with Crippen molar-refractivity contribution in [1.82, 2.24) is 9.88 Å². The van der Waals surface area contributed by atoms with E-state index in [1.54, 1.807) is 0 Å². The third kappa shape index (κ3) is 4.23. The van der Waals surface area contributed by atoms with Crippen molar-refractivity contribution in [2.75, 3.05) is 44.7 Å². The summed E-state index contributed by atoms with van der Waals surface area (Å²) in [5.74, 6) is 0.986. The van der Waals surface area contributed by atoms with E-state index in [1.807, 2.05) is 6.20 Å². The van der Waals surface area contributed by atoms with Crippen LogP contribution in [0.25, 0.3) is 0 Å². The van der Waals surface area contributed by atoms with Crippen molar-refractivity contribution in [3.05, 3.63) is 22.3 Å². The molecule has 0 radical (unpaired) electrons. The number of anilines is 1. The third-order valence-corrected chi connectivity index (χ3v) is 3.53. The molecule has 0 aromatic carbocycles. The molecule has 4 nitrogen and oxygen atoms in total. The van der Waals surface area contributed by atoms with Gasteiger partial charge in [0.15, 0.2) is 0 Å². The Morgan fingerprint density at radius 3 is 2.94 bits per heavy atom. The van der Waals surface area contributed by atoms with Gasteiger partial charge in [-0.3, -0.25) is 4.90 Å². The molecule has 0 aliphatic carbocycles. The summed E-state index contributed by atoms with van der Waals surface area (Å²) in [7, 11) is 0. The second kappa shape index (κ2) is 7.07. The van der Waals surface area contributed by atoms with Crippen LogP contribution in [0, 0.1) is 6.92 Å². The van der Waals surface area contributed by atoms with Gasteiger partial charge in [-0.1, -0.05) is 0 Å². The maximum Gasteiger partial charge on any atom is 0.128 e. The van der Waals surface area contributed by atoms with Gasteiger partial charge in [0.2, 0.25) is 0 Å². The summed E-state index contributed by atoms with van der Waals surface area (Å²) in [6.07, 6.45) is 2.97. The highest BCUT2D eigenvalue weighted by Crippen LogP contribution is 2.16. The summed E-state index contributed by atoms with van der Waals surface area (Å²) in [6, 6.07) is 2.08. The first-order valence-electron chi connectivity index (χ1n) is 6.42. The summed E-state index contributed by atoms with van der Waals surface area (Å²) in [6.45, 7) is 8.05. The molecule has 18 heavy (non-hydrogen) atoms. The lowest BCUT2D eigenvalue weighted by molar-refractivity contribution is 0.0378. The van der Waals surface area contributed by atoms with Crippen LogP contribution in [-0.2, 0) is 4.74 Å². The van der Waals surface area contributed by atoms with Crippen LogP contribution in [0.15, 0.2) is 16.7 Å². The summed E-state index contributed by atoms with van der Waals surface area (Å²) >= 11 is 3.42. The maximum absolute atomic E-state index is 5.33. The smallest absolute Gasteiger partial charge is 0.128 e. The summed E-state index contributed by atoms with van der Waals surface area (Å²) in [4.78, 5) is 6.82. The van der Waals surface area contributed by atoms with E-state index in [1.165, 1.54) is 5.56 Å². The van der Waals surface area contributed by atoms with Crippen LogP contribution in [0.2, 0.25) is 0 Å². The Kier molecular flexibility index (Phi) is 5.41. The molecule has 1 aliphatic heterocycles. The minimum Gasteiger partial charge on any atom is -0.379 e. The molecular formula is C13H20BrN3O. The average molecular weight is 314 g/mol. The molecule has 0 unspecified atom stereocenters. The lowest BCUT2D eigenvalue weighted by Gasteiger charge is -2.26. The van der Waals surface area contributed by atoms with Crippen molar-refractivity contribution >= 4 is 21.7 Å². The fourth-order valence-corrected chi connectivity index (χ4v) is 2.51. The lowest BCUT2D eigenvalue weighted by atomic mass is 10.3. The number of aryl methyl sites for hydroxylation is 1. The van der Waals surface area contributed by atoms with Gasteiger partial charge < -0.3 is 10.1 Å². The maximum atomic E-state index is 5.33. The molecule has 2 heterocycles. The zero-order valence-electron chi connectivity index (χ0n) is 10.8. The molecule has 1 aromatic rings. The molecule has 1 aromatic heterocycles. The zero-order chi connectivity index (χ0) is 12.8. The van der Waals surface area contributed by atoms with Crippen LogP contribution < -0.4 is 5.32 Å². The van der Waals surface area contributed by atoms with Crippen LogP contribution in [0.1, 0.15) is 12.0 Å². The monoisotopic (exact) mass is 313 g/mol. The SMILES string of the molecule is Cc1cc(Br)cnc1NCCCN1CCOCC1. The van der Waals surface area contributed by atoms with Gasteiger partial charge in [-0.15, -0.1) is 0 Å². The van der Waals surface area contributed by atoms with E-state index >= 15 is 0 Å². The number of halogens is 1. The zero-order valence-corrected chi connectivity index (χ0v) is 12.4. The number of nitrogens with one attached hydrogen (secondary N) is 1. The number of pyridine rings is 1. The predicted molar refractivity (Wildman–Crippen MR) is 77.0 cm³/mol. The largest absolute Gasteiger partial charge is 0.379 e. The van der Waals surface area contributed by atoms with Crippen LogP contribution in [0.5, 0.6) is 0 Å². The Bertz CT molecular complexity index is 380. The van der Waals surface area contributed by atoms with Gasteiger partial charge in [0.25, 0.3) is 0 Å². The van der Waals surface area contributed by atoms with Crippen molar-refractivity contribution in [3.8, 4) is 0 Å². The highest BCUT2D eigenvalue weighted by Gasteiger charge is 2.09. The third-order valence-electron chi connectivity index (χ3n) is 3.09.